The molecule has 0 atom stereocenters. The van der Waals surface area contributed by atoms with Gasteiger partial charge < -0.3 is 15.0 Å². The number of anilines is 2. The SMILES string of the molecule is CC(=O)c1ccc(OC2CCN(c3nc4cnccc4nc3NC3CC3)CC2)cc1. The minimum atomic E-state index is 0.0668. The van der Waals surface area contributed by atoms with Crippen molar-refractivity contribution in [3.8, 4) is 5.75 Å². The Morgan fingerprint density at radius 2 is 1.80 bits per heavy atom. The monoisotopic (exact) mass is 403 g/mol. The van der Waals surface area contributed by atoms with Crippen molar-refractivity contribution in [3.05, 3.63) is 48.3 Å². The third-order valence-corrected chi connectivity index (χ3v) is 5.67. The Kier molecular flexibility index (Phi) is 4.94. The molecule has 0 bridgehead atoms. The summed E-state index contributed by atoms with van der Waals surface area (Å²) in [6.07, 6.45) is 7.87. The van der Waals surface area contributed by atoms with E-state index >= 15 is 0 Å². The molecule has 30 heavy (non-hydrogen) atoms. The Bertz CT molecular complexity index is 1060. The maximum atomic E-state index is 11.4. The molecule has 1 aliphatic carbocycles. The Labute approximate surface area is 175 Å². The summed E-state index contributed by atoms with van der Waals surface area (Å²) in [7, 11) is 0. The van der Waals surface area contributed by atoms with Crippen molar-refractivity contribution >= 4 is 28.5 Å². The van der Waals surface area contributed by atoms with Crippen LogP contribution in [0.3, 0.4) is 0 Å². The molecular formula is C23H25N5O2. The van der Waals surface area contributed by atoms with E-state index < -0.39 is 0 Å². The van der Waals surface area contributed by atoms with Gasteiger partial charge in [0.2, 0.25) is 0 Å². The van der Waals surface area contributed by atoms with Gasteiger partial charge in [-0.1, -0.05) is 0 Å². The normalized spacial score (nSPS) is 17.2. The quantitative estimate of drug-likeness (QED) is 0.626. The maximum Gasteiger partial charge on any atom is 0.172 e. The van der Waals surface area contributed by atoms with Gasteiger partial charge in [0.25, 0.3) is 0 Å². The first-order chi connectivity index (χ1) is 14.7. The number of rotatable bonds is 6. The van der Waals surface area contributed by atoms with Crippen molar-refractivity contribution < 1.29 is 9.53 Å². The van der Waals surface area contributed by atoms with Crippen LogP contribution < -0.4 is 15.0 Å². The van der Waals surface area contributed by atoms with Crippen LogP contribution in [0.25, 0.3) is 11.0 Å². The van der Waals surface area contributed by atoms with Gasteiger partial charge in [-0.2, -0.15) is 0 Å². The maximum absolute atomic E-state index is 11.4. The molecule has 2 aliphatic rings. The highest BCUT2D eigenvalue weighted by Crippen LogP contribution is 2.32. The number of benzene rings is 1. The summed E-state index contributed by atoms with van der Waals surface area (Å²) >= 11 is 0. The van der Waals surface area contributed by atoms with E-state index in [0.717, 1.165) is 54.3 Å². The smallest absolute Gasteiger partial charge is 0.172 e. The van der Waals surface area contributed by atoms with Crippen molar-refractivity contribution in [1.29, 1.82) is 0 Å². The van der Waals surface area contributed by atoms with Crippen LogP contribution in [0.4, 0.5) is 11.6 Å². The van der Waals surface area contributed by atoms with Gasteiger partial charge in [0, 0.05) is 43.7 Å². The molecular weight excluding hydrogens is 378 g/mol. The Morgan fingerprint density at radius 3 is 2.50 bits per heavy atom. The standard InChI is InChI=1S/C23H25N5O2/c1-15(29)16-2-6-18(7-3-16)30-19-9-12-28(13-10-19)23-22(25-17-4-5-17)26-20-8-11-24-14-21(20)27-23/h2-3,6-8,11,14,17,19H,4-5,9-10,12-13H2,1H3,(H,25,26). The Balaban J connectivity index is 1.28. The van der Waals surface area contributed by atoms with Gasteiger partial charge in [0.15, 0.2) is 17.4 Å². The van der Waals surface area contributed by atoms with Crippen LogP contribution in [0.5, 0.6) is 5.75 Å². The molecule has 1 saturated carbocycles. The molecule has 7 heteroatoms. The van der Waals surface area contributed by atoms with E-state index in [-0.39, 0.29) is 11.9 Å². The van der Waals surface area contributed by atoms with Crippen LogP contribution >= 0.6 is 0 Å². The summed E-state index contributed by atoms with van der Waals surface area (Å²) in [5.74, 6) is 2.66. The van der Waals surface area contributed by atoms with Crippen LogP contribution in [0.15, 0.2) is 42.7 Å². The zero-order valence-corrected chi connectivity index (χ0v) is 17.0. The number of nitrogens with one attached hydrogen (secondary N) is 1. The number of aromatic nitrogens is 3. The highest BCUT2D eigenvalue weighted by Gasteiger charge is 2.28. The first kappa shape index (κ1) is 18.8. The number of Topliss-reactive ketones (excluding diaryl/α,β-unsaturated/α-hetero) is 1. The Morgan fingerprint density at radius 1 is 1.03 bits per heavy atom. The minimum absolute atomic E-state index is 0.0668. The lowest BCUT2D eigenvalue weighted by molar-refractivity contribution is 0.101. The molecule has 0 amide bonds. The lowest BCUT2D eigenvalue weighted by atomic mass is 10.1. The van der Waals surface area contributed by atoms with Gasteiger partial charge in [0.1, 0.15) is 17.4 Å². The molecule has 0 unspecified atom stereocenters. The van der Waals surface area contributed by atoms with Crippen LogP contribution in [0, 0.1) is 0 Å². The fourth-order valence-electron chi connectivity index (χ4n) is 3.78. The number of piperidine rings is 1. The summed E-state index contributed by atoms with van der Waals surface area (Å²) in [6, 6.07) is 9.81. The average Bonchev–Trinajstić information content (AvgIpc) is 3.58. The second kappa shape index (κ2) is 7.89. The van der Waals surface area contributed by atoms with Crippen molar-refractivity contribution in [2.24, 2.45) is 0 Å². The van der Waals surface area contributed by atoms with E-state index in [2.05, 4.69) is 15.2 Å². The molecule has 2 aromatic heterocycles. The van der Waals surface area contributed by atoms with E-state index in [1.54, 1.807) is 19.3 Å². The van der Waals surface area contributed by atoms with Gasteiger partial charge in [0.05, 0.1) is 11.7 Å². The molecule has 1 N–H and O–H groups in total. The zero-order chi connectivity index (χ0) is 20.5. The van der Waals surface area contributed by atoms with Gasteiger partial charge in [-0.3, -0.25) is 9.78 Å². The fourth-order valence-corrected chi connectivity index (χ4v) is 3.78. The Hall–Kier alpha value is -3.22. The van der Waals surface area contributed by atoms with E-state index in [0.29, 0.717) is 11.6 Å². The fraction of sp³-hybridized carbons (Fsp3) is 0.391. The van der Waals surface area contributed by atoms with Crippen molar-refractivity contribution in [2.75, 3.05) is 23.3 Å². The van der Waals surface area contributed by atoms with Crippen molar-refractivity contribution in [2.45, 2.75) is 44.8 Å². The molecule has 7 nitrogen and oxygen atoms in total. The van der Waals surface area contributed by atoms with E-state index in [1.165, 1.54) is 12.8 Å². The topological polar surface area (TPSA) is 80.2 Å². The number of carbonyl (C=O) groups excluding carboxylic acids is 1. The molecule has 0 radical (unpaired) electrons. The van der Waals surface area contributed by atoms with E-state index in [1.807, 2.05) is 30.3 Å². The summed E-state index contributed by atoms with van der Waals surface area (Å²) in [6.45, 7) is 3.29. The summed E-state index contributed by atoms with van der Waals surface area (Å²) < 4.78 is 6.15. The molecule has 0 spiro atoms. The first-order valence-electron chi connectivity index (χ1n) is 10.6. The zero-order valence-electron chi connectivity index (χ0n) is 17.0. The molecule has 3 aromatic rings. The third-order valence-electron chi connectivity index (χ3n) is 5.67. The molecule has 2 fully saturated rings. The van der Waals surface area contributed by atoms with Gasteiger partial charge in [-0.25, -0.2) is 9.97 Å². The molecule has 3 heterocycles. The highest BCUT2D eigenvalue weighted by atomic mass is 16.5. The van der Waals surface area contributed by atoms with Crippen molar-refractivity contribution in [3.63, 3.8) is 0 Å². The molecule has 5 rings (SSSR count). The summed E-state index contributed by atoms with van der Waals surface area (Å²) in [5, 5.41) is 3.54. The van der Waals surface area contributed by atoms with Crippen LogP contribution in [-0.4, -0.2) is 46.0 Å². The predicted molar refractivity (Wildman–Crippen MR) is 116 cm³/mol. The van der Waals surface area contributed by atoms with E-state index in [9.17, 15) is 4.79 Å². The molecule has 1 aromatic carbocycles. The third kappa shape index (κ3) is 4.06. The molecule has 1 aliphatic heterocycles. The molecule has 154 valence electrons. The lowest BCUT2D eigenvalue weighted by Gasteiger charge is -2.33. The van der Waals surface area contributed by atoms with E-state index in [4.69, 9.17) is 14.7 Å². The van der Waals surface area contributed by atoms with Crippen molar-refractivity contribution in [1.82, 2.24) is 15.0 Å². The number of nitrogens with zero attached hydrogens (tertiary/aromatic N) is 4. The largest absolute Gasteiger partial charge is 0.490 e. The number of hydrogen-bond donors (Lipinski definition) is 1. The number of pyridine rings is 1. The predicted octanol–water partition coefficient (Wildman–Crippen LogP) is 3.85. The summed E-state index contributed by atoms with van der Waals surface area (Å²) in [4.78, 5) is 27.6. The number of hydrogen-bond acceptors (Lipinski definition) is 7. The molecule has 1 saturated heterocycles. The lowest BCUT2D eigenvalue weighted by Crippen LogP contribution is -2.39. The number of ether oxygens (including phenoxy) is 1. The number of ketones is 1. The highest BCUT2D eigenvalue weighted by molar-refractivity contribution is 5.94. The van der Waals surface area contributed by atoms with Crippen LogP contribution in [0.2, 0.25) is 0 Å². The second-order valence-corrected chi connectivity index (χ2v) is 8.06. The summed E-state index contributed by atoms with van der Waals surface area (Å²) in [5.41, 5.74) is 2.39. The minimum Gasteiger partial charge on any atom is -0.490 e. The van der Waals surface area contributed by atoms with Gasteiger partial charge in [-0.15, -0.1) is 0 Å². The van der Waals surface area contributed by atoms with Crippen LogP contribution in [-0.2, 0) is 0 Å². The second-order valence-electron chi connectivity index (χ2n) is 8.06. The van der Waals surface area contributed by atoms with Crippen LogP contribution in [0.1, 0.15) is 43.0 Å². The van der Waals surface area contributed by atoms with Gasteiger partial charge in [-0.05, 0) is 50.1 Å². The first-order valence-corrected chi connectivity index (χ1v) is 10.6. The van der Waals surface area contributed by atoms with Gasteiger partial charge >= 0.3 is 0 Å². The number of carbonyl (C=O) groups is 1. The number of fused-ring (bicyclic) bond motifs is 1. The average molecular weight is 403 g/mol.